The van der Waals surface area contributed by atoms with Crippen LogP contribution >= 0.6 is 0 Å². The summed E-state index contributed by atoms with van der Waals surface area (Å²) in [6, 6.07) is 35.3. The van der Waals surface area contributed by atoms with Crippen molar-refractivity contribution in [3.8, 4) is 0 Å². The van der Waals surface area contributed by atoms with Gasteiger partial charge < -0.3 is 5.32 Å². The number of nitrogens with one attached hydrogen (secondary N) is 1. The van der Waals surface area contributed by atoms with Gasteiger partial charge in [-0.3, -0.25) is 9.98 Å². The average molecular weight is 462 g/mol. The zero-order valence-electron chi connectivity index (χ0n) is 20.3. The van der Waals surface area contributed by atoms with Crippen LogP contribution in [0.1, 0.15) is 25.0 Å². The first-order valence-corrected chi connectivity index (χ1v) is 11.8. The molecule has 0 aromatic heterocycles. The van der Waals surface area contributed by atoms with Crippen molar-refractivity contribution in [2.45, 2.75) is 13.8 Å². The molecule has 0 heterocycles. The summed E-state index contributed by atoms with van der Waals surface area (Å²) < 4.78 is 0. The lowest BCUT2D eigenvalue weighted by Crippen LogP contribution is -2.09. The van der Waals surface area contributed by atoms with Crippen molar-refractivity contribution in [2.75, 3.05) is 13.1 Å². The second-order valence-corrected chi connectivity index (χ2v) is 7.53. The van der Waals surface area contributed by atoms with Gasteiger partial charge in [0.05, 0.1) is 22.7 Å². The van der Waals surface area contributed by atoms with Crippen LogP contribution in [0.3, 0.4) is 0 Å². The summed E-state index contributed by atoms with van der Waals surface area (Å²) in [7, 11) is 0. The third-order valence-electron chi connectivity index (χ3n) is 4.80. The van der Waals surface area contributed by atoms with Gasteiger partial charge in [-0.15, -0.1) is 0 Å². The highest BCUT2D eigenvalue weighted by Crippen LogP contribution is 2.23. The van der Waals surface area contributed by atoms with Crippen LogP contribution in [0.5, 0.6) is 0 Å². The minimum atomic E-state index is 0.778. The maximum Gasteiger partial charge on any atom is 0.0858 e. The van der Waals surface area contributed by atoms with E-state index in [2.05, 4.69) is 39.4 Å². The van der Waals surface area contributed by atoms with E-state index >= 15 is 0 Å². The highest BCUT2D eigenvalue weighted by atomic mass is 15.1. The highest BCUT2D eigenvalue weighted by Gasteiger charge is 1.94. The maximum absolute atomic E-state index is 4.47. The van der Waals surface area contributed by atoms with Crippen molar-refractivity contribution in [1.82, 2.24) is 5.32 Å². The fourth-order valence-corrected chi connectivity index (χ4v) is 2.95. The van der Waals surface area contributed by atoms with E-state index in [1.54, 1.807) is 0 Å². The molecule has 5 nitrogen and oxygen atoms in total. The molecule has 176 valence electrons. The van der Waals surface area contributed by atoms with Crippen LogP contribution in [0.15, 0.2) is 129 Å². The van der Waals surface area contributed by atoms with Gasteiger partial charge in [-0.1, -0.05) is 74.5 Å². The summed E-state index contributed by atoms with van der Waals surface area (Å²) in [5.41, 5.74) is 5.44. The van der Waals surface area contributed by atoms with Gasteiger partial charge in [0.15, 0.2) is 0 Å². The molecule has 0 atom stereocenters. The molecule has 0 bridgehead atoms. The van der Waals surface area contributed by atoms with E-state index in [1.807, 2.05) is 122 Å². The van der Waals surface area contributed by atoms with Gasteiger partial charge in [0.2, 0.25) is 0 Å². The maximum atomic E-state index is 4.47. The molecule has 4 rings (SSSR count). The molecule has 0 spiro atoms. The van der Waals surface area contributed by atoms with Gasteiger partial charge in [-0.25, -0.2) is 0 Å². The smallest absolute Gasteiger partial charge is 0.0858 e. The molecule has 5 heteroatoms. The summed E-state index contributed by atoms with van der Waals surface area (Å²) in [6.07, 6.45) is 3.69. The van der Waals surface area contributed by atoms with E-state index in [9.17, 15) is 0 Å². The Labute approximate surface area is 208 Å². The highest BCUT2D eigenvalue weighted by molar-refractivity contribution is 5.82. The van der Waals surface area contributed by atoms with Crippen LogP contribution in [-0.4, -0.2) is 25.5 Å². The van der Waals surface area contributed by atoms with Crippen molar-refractivity contribution in [2.24, 2.45) is 20.2 Å². The molecule has 4 aromatic rings. The molecule has 4 aromatic carbocycles. The third-order valence-corrected chi connectivity index (χ3v) is 4.80. The van der Waals surface area contributed by atoms with Gasteiger partial charge in [0, 0.05) is 12.4 Å². The van der Waals surface area contributed by atoms with Crippen LogP contribution in [0.25, 0.3) is 0 Å². The molecular weight excluding hydrogens is 430 g/mol. The van der Waals surface area contributed by atoms with Crippen molar-refractivity contribution in [3.05, 3.63) is 120 Å². The molecule has 0 saturated heterocycles. The van der Waals surface area contributed by atoms with E-state index in [4.69, 9.17) is 0 Å². The summed E-state index contributed by atoms with van der Waals surface area (Å²) in [5.74, 6) is 0. The van der Waals surface area contributed by atoms with Gasteiger partial charge in [0.1, 0.15) is 0 Å². The molecule has 0 aliphatic carbocycles. The Bertz CT molecular complexity index is 1100. The van der Waals surface area contributed by atoms with Gasteiger partial charge in [0.25, 0.3) is 0 Å². The van der Waals surface area contributed by atoms with Crippen LogP contribution in [0.2, 0.25) is 0 Å². The Morgan fingerprint density at radius 3 is 1.14 bits per heavy atom. The molecule has 1 N–H and O–H groups in total. The standard InChI is InChI=1S/C26H20N4.C4H11N/c1-3-7-21(8-4-1)19-27-23-11-15-25(16-12-23)29-30-26-17-13-24(14-18-26)28-20-22-9-5-2-6-10-22;1-3-5-4-2/h1-20H;5H,3-4H2,1-2H3. The quantitative estimate of drug-likeness (QED) is 0.208. The molecule has 0 unspecified atom stereocenters. The average Bonchev–Trinajstić information content (AvgIpc) is 2.93. The number of hydrogen-bond donors (Lipinski definition) is 1. The molecule has 35 heavy (non-hydrogen) atoms. The number of hydrogen-bond acceptors (Lipinski definition) is 5. The fourth-order valence-electron chi connectivity index (χ4n) is 2.95. The van der Waals surface area contributed by atoms with Gasteiger partial charge >= 0.3 is 0 Å². The molecule has 0 saturated carbocycles. The van der Waals surface area contributed by atoms with E-state index in [0.29, 0.717) is 0 Å². The van der Waals surface area contributed by atoms with E-state index < -0.39 is 0 Å². The zero-order chi connectivity index (χ0) is 24.6. The first kappa shape index (κ1) is 25.4. The normalized spacial score (nSPS) is 11.1. The monoisotopic (exact) mass is 461 g/mol. The van der Waals surface area contributed by atoms with Gasteiger partial charge in [-0.2, -0.15) is 10.2 Å². The van der Waals surface area contributed by atoms with Crippen LogP contribution in [0, 0.1) is 0 Å². The van der Waals surface area contributed by atoms with Crippen molar-refractivity contribution >= 4 is 35.2 Å². The van der Waals surface area contributed by atoms with E-state index in [1.165, 1.54) is 0 Å². The minimum Gasteiger partial charge on any atom is -0.317 e. The third kappa shape index (κ3) is 9.66. The van der Waals surface area contributed by atoms with Crippen LogP contribution < -0.4 is 5.32 Å². The summed E-state index contributed by atoms with van der Waals surface area (Å²) in [5, 5.41) is 11.7. The Morgan fingerprint density at radius 1 is 0.486 bits per heavy atom. The van der Waals surface area contributed by atoms with Crippen molar-refractivity contribution < 1.29 is 0 Å². The number of benzene rings is 4. The molecule has 0 aliphatic heterocycles. The van der Waals surface area contributed by atoms with Crippen molar-refractivity contribution in [1.29, 1.82) is 0 Å². The largest absolute Gasteiger partial charge is 0.317 e. The second kappa shape index (κ2) is 14.8. The number of nitrogens with zero attached hydrogens (tertiary/aromatic N) is 4. The predicted octanol–water partition coefficient (Wildman–Crippen LogP) is 8.22. The predicted molar refractivity (Wildman–Crippen MR) is 149 cm³/mol. The summed E-state index contributed by atoms with van der Waals surface area (Å²) in [6.45, 7) is 6.39. The lowest BCUT2D eigenvalue weighted by molar-refractivity contribution is 0.762. The Balaban J connectivity index is 0.000000623. The van der Waals surface area contributed by atoms with Crippen LogP contribution in [-0.2, 0) is 0 Å². The molecule has 0 amide bonds. The topological polar surface area (TPSA) is 61.5 Å². The number of azo groups is 1. The first-order valence-electron chi connectivity index (χ1n) is 11.8. The lowest BCUT2D eigenvalue weighted by atomic mass is 10.2. The number of aliphatic imine (C=N–C) groups is 2. The fraction of sp³-hybridized carbons (Fsp3) is 0.133. The van der Waals surface area contributed by atoms with Gasteiger partial charge in [-0.05, 0) is 72.7 Å². The summed E-state index contributed by atoms with van der Waals surface area (Å²) >= 11 is 0. The number of rotatable bonds is 8. The zero-order valence-corrected chi connectivity index (χ0v) is 20.3. The van der Waals surface area contributed by atoms with Crippen LogP contribution in [0.4, 0.5) is 22.7 Å². The molecule has 0 radical (unpaired) electrons. The summed E-state index contributed by atoms with van der Waals surface area (Å²) in [4.78, 5) is 8.95. The minimum absolute atomic E-state index is 0.778. The Hall–Kier alpha value is -4.22. The molecule has 0 fully saturated rings. The Morgan fingerprint density at radius 2 is 0.829 bits per heavy atom. The Kier molecular flexibility index (Phi) is 10.8. The van der Waals surface area contributed by atoms with Crippen molar-refractivity contribution in [3.63, 3.8) is 0 Å². The first-order chi connectivity index (χ1) is 17.3. The molecule has 0 aliphatic rings. The van der Waals surface area contributed by atoms with E-state index in [0.717, 1.165) is 47.0 Å². The lowest BCUT2D eigenvalue weighted by Gasteiger charge is -1.97. The second-order valence-electron chi connectivity index (χ2n) is 7.53. The molecular formula is C30H31N5. The SMILES string of the molecule is C(=Nc1ccc(N=Nc2ccc(N=Cc3ccccc3)cc2)cc1)c1ccccc1.CCNCC. The van der Waals surface area contributed by atoms with E-state index in [-0.39, 0.29) is 0 Å².